The van der Waals surface area contributed by atoms with Crippen LogP contribution in [0, 0.1) is 0 Å². The zero-order valence-corrected chi connectivity index (χ0v) is 36.1. The molecule has 1 aromatic rings. The van der Waals surface area contributed by atoms with Crippen LogP contribution in [0.5, 0.6) is 5.75 Å². The maximum absolute atomic E-state index is 14.1. The number of allylic oxidation sites excluding steroid dienone is 3. The highest BCUT2D eigenvalue weighted by Gasteiger charge is 2.63. The number of ether oxygens (including phenoxy) is 8. The molecule has 5 aliphatic rings. The molecule has 0 spiro atoms. The van der Waals surface area contributed by atoms with Gasteiger partial charge < -0.3 is 52.7 Å². The number of hydroxylamine groups is 2. The molecule has 3 saturated heterocycles. The summed E-state index contributed by atoms with van der Waals surface area (Å²) in [4.78, 5) is 81.7. The van der Waals surface area contributed by atoms with Gasteiger partial charge in [-0.1, -0.05) is 35.4 Å². The largest absolute Gasteiger partial charge is 0.495 e. The van der Waals surface area contributed by atoms with Crippen molar-refractivity contribution < 1.29 is 76.6 Å². The number of imide groups is 1. The van der Waals surface area contributed by atoms with Gasteiger partial charge >= 0.3 is 18.0 Å². The minimum Gasteiger partial charge on any atom is -0.495 e. The van der Waals surface area contributed by atoms with Crippen LogP contribution in [0.4, 0.5) is 10.5 Å². The third-order valence-electron chi connectivity index (χ3n) is 10.8. The number of methoxy groups -OCH3 is 2. The van der Waals surface area contributed by atoms with Crippen molar-refractivity contribution in [3.05, 3.63) is 46.5 Å². The molecular weight excluding hydrogens is 826 g/mol. The summed E-state index contributed by atoms with van der Waals surface area (Å²) in [6.07, 6.45) is 0.105. The Kier molecular flexibility index (Phi) is 15.6. The quantitative estimate of drug-likeness (QED) is 0.156. The number of hydrogen-bond donors (Lipinski definition) is 2. The molecule has 0 aromatic heterocycles. The number of amides is 4. The number of halogens is 1. The Hall–Kier alpha value is -4.63. The van der Waals surface area contributed by atoms with Gasteiger partial charge in [-0.05, 0) is 51.8 Å². The number of fused-ring (bicyclic) bond motifs is 6. The molecule has 6 rings (SSSR count). The molecule has 2 N–H and O–H groups in total. The summed E-state index contributed by atoms with van der Waals surface area (Å²) in [5.74, 6) is -3.03. The molecule has 4 amide bonds. The molecule has 336 valence electrons. The Morgan fingerprint density at radius 1 is 1.02 bits per heavy atom. The van der Waals surface area contributed by atoms with Crippen molar-refractivity contribution >= 4 is 53.0 Å². The Balaban J connectivity index is 1.27. The fourth-order valence-corrected chi connectivity index (χ4v) is 7.96. The summed E-state index contributed by atoms with van der Waals surface area (Å²) in [6, 6.07) is 3.54. The lowest BCUT2D eigenvalue weighted by Gasteiger charge is -2.59. The normalized spacial score (nSPS) is 30.0. The van der Waals surface area contributed by atoms with E-state index in [2.05, 4.69) is 5.32 Å². The summed E-state index contributed by atoms with van der Waals surface area (Å²) in [6.45, 7) is 6.27. The van der Waals surface area contributed by atoms with Crippen molar-refractivity contribution in [2.24, 2.45) is 0 Å². The van der Waals surface area contributed by atoms with E-state index in [4.69, 9.17) is 54.3 Å². The molecule has 0 radical (unpaired) electrons. The van der Waals surface area contributed by atoms with E-state index >= 15 is 0 Å². The van der Waals surface area contributed by atoms with Crippen LogP contribution >= 0.6 is 11.6 Å². The summed E-state index contributed by atoms with van der Waals surface area (Å²) in [7, 11) is 4.43. The summed E-state index contributed by atoms with van der Waals surface area (Å²) < 4.78 is 45.6. The van der Waals surface area contributed by atoms with Gasteiger partial charge in [0.05, 0.1) is 45.6 Å². The minimum atomic E-state index is -1.88. The Bertz CT molecular complexity index is 1880. The predicted octanol–water partition coefficient (Wildman–Crippen LogP) is 2.86. The lowest BCUT2D eigenvalue weighted by Crippen LogP contribution is -2.72. The van der Waals surface area contributed by atoms with E-state index in [1.807, 2.05) is 13.0 Å². The fraction of sp³-hybridized carbons (Fsp3) is 0.610. The van der Waals surface area contributed by atoms with Gasteiger partial charge in [-0.25, -0.2) is 14.4 Å². The second kappa shape index (κ2) is 20.0. The van der Waals surface area contributed by atoms with Crippen LogP contribution in [-0.2, 0) is 68.4 Å². The van der Waals surface area contributed by atoms with Crippen LogP contribution in [0.1, 0.15) is 65.4 Å². The van der Waals surface area contributed by atoms with E-state index in [9.17, 15) is 33.9 Å². The average Bonchev–Trinajstić information content (AvgIpc) is 3.50. The average molecular weight is 880 g/mol. The van der Waals surface area contributed by atoms with Crippen molar-refractivity contribution in [2.45, 2.75) is 108 Å². The van der Waals surface area contributed by atoms with Crippen LogP contribution < -0.4 is 15.0 Å². The predicted molar refractivity (Wildman–Crippen MR) is 213 cm³/mol. The smallest absolute Gasteiger partial charge is 0.409 e. The van der Waals surface area contributed by atoms with Gasteiger partial charge in [-0.3, -0.25) is 19.7 Å². The summed E-state index contributed by atoms with van der Waals surface area (Å²) in [5, 5.41) is 14.9. The molecule has 3 fully saturated rings. The van der Waals surface area contributed by atoms with Crippen LogP contribution in [0.2, 0.25) is 5.02 Å². The zero-order valence-electron chi connectivity index (χ0n) is 35.3. The maximum atomic E-state index is 14.1. The monoisotopic (exact) mass is 879 g/mol. The first kappa shape index (κ1) is 47.4. The van der Waals surface area contributed by atoms with E-state index in [1.54, 1.807) is 45.2 Å². The highest BCUT2D eigenvalue weighted by Crippen LogP contribution is 2.50. The number of nitrogens with one attached hydrogen (secondary N) is 1. The van der Waals surface area contributed by atoms with Gasteiger partial charge in [-0.2, -0.15) is 0 Å². The lowest BCUT2D eigenvalue weighted by molar-refractivity contribution is -0.328. The molecule has 5 aliphatic heterocycles. The number of alkyl carbamates (subject to hydrolysis) is 1. The van der Waals surface area contributed by atoms with Gasteiger partial charge in [0.1, 0.15) is 46.9 Å². The second-order valence-corrected chi connectivity index (χ2v) is 16.1. The fourth-order valence-electron chi connectivity index (χ4n) is 7.65. The summed E-state index contributed by atoms with van der Waals surface area (Å²) >= 11 is 6.75. The van der Waals surface area contributed by atoms with Crippen molar-refractivity contribution in [1.29, 1.82) is 0 Å². The second-order valence-electron chi connectivity index (χ2n) is 15.7. The van der Waals surface area contributed by atoms with E-state index in [1.165, 1.54) is 26.0 Å². The topological polar surface area (TPSA) is 224 Å². The number of esters is 1. The Labute approximate surface area is 358 Å². The molecule has 5 heterocycles. The number of rotatable bonds is 14. The van der Waals surface area contributed by atoms with Crippen molar-refractivity contribution in [3.63, 3.8) is 0 Å². The molecule has 1 aromatic carbocycles. The van der Waals surface area contributed by atoms with Crippen LogP contribution in [0.3, 0.4) is 0 Å². The van der Waals surface area contributed by atoms with Crippen molar-refractivity contribution in [3.8, 4) is 5.75 Å². The molecule has 0 saturated carbocycles. The SMILES string of the molecule is COc1cc2cc(c1Cl)N(C)C(=O)C[C@H](OC(=O)[C@H](C)OCCOCCOCC(=O)ON1C(=O)CCC1=O)[C@@]1(C)CC(C)(O1)C1C[C@@](O)(NC(=O)O1)[C@H](OC)/C=C/C=C(\C)C2. The zero-order chi connectivity index (χ0) is 44.7. The number of carbonyl (C=O) groups excluding carboxylic acids is 6. The molecule has 0 aliphatic carbocycles. The third-order valence-corrected chi connectivity index (χ3v) is 11.2. The van der Waals surface area contributed by atoms with E-state index in [0.717, 1.165) is 11.1 Å². The molecule has 2 unspecified atom stereocenters. The first-order valence-corrected chi connectivity index (χ1v) is 20.1. The number of hydrogen-bond acceptors (Lipinski definition) is 16. The standard InChI is InChI=1S/C41H54ClN3O16/c1-24-9-8-10-29(54-7)41(52)21-31(59-38(51)43-41)40(4)23-39(3,61-40)30(20-34(48)44(5)27-18-26(17-24)19-28(53-6)36(27)42)58-37(50)25(2)57-16-15-55-13-14-56-22-35(49)60-45-32(46)11-12-33(45)47/h8-10,18-19,25,29-31,52H,11-17,20-23H2,1-7H3,(H,43,51)/b10-8+,24-9+/t25-,29+,30-,31?,39+,40?,41-/m0/s1. The first-order valence-electron chi connectivity index (χ1n) is 19.8. The minimum absolute atomic E-state index is 0.0188. The summed E-state index contributed by atoms with van der Waals surface area (Å²) in [5.41, 5.74) is -2.29. The number of nitrogens with zero attached hydrogens (tertiary/aromatic N) is 2. The Morgan fingerprint density at radius 2 is 1.69 bits per heavy atom. The number of benzene rings is 1. The Morgan fingerprint density at radius 3 is 2.36 bits per heavy atom. The van der Waals surface area contributed by atoms with Crippen molar-refractivity contribution in [1.82, 2.24) is 10.4 Å². The van der Waals surface area contributed by atoms with Gasteiger partial charge in [0.2, 0.25) is 5.91 Å². The van der Waals surface area contributed by atoms with Crippen LogP contribution in [0.25, 0.3) is 0 Å². The van der Waals surface area contributed by atoms with Crippen molar-refractivity contribution in [2.75, 3.05) is 59.2 Å². The molecular formula is C41H54ClN3O16. The highest BCUT2D eigenvalue weighted by atomic mass is 35.5. The van der Waals surface area contributed by atoms with Crippen LogP contribution in [0.15, 0.2) is 35.9 Å². The third kappa shape index (κ3) is 11.4. The molecule has 61 heavy (non-hydrogen) atoms. The van der Waals surface area contributed by atoms with E-state index < -0.39 is 83.7 Å². The van der Waals surface area contributed by atoms with Gasteiger partial charge in [-0.15, -0.1) is 5.06 Å². The number of anilines is 1. The lowest BCUT2D eigenvalue weighted by atomic mass is 9.72. The van der Waals surface area contributed by atoms with E-state index in [-0.39, 0.29) is 63.6 Å². The number of carbonyl (C=O) groups is 6. The van der Waals surface area contributed by atoms with Gasteiger partial charge in [0, 0.05) is 39.8 Å². The van der Waals surface area contributed by atoms with Gasteiger partial charge in [0.15, 0.2) is 11.8 Å². The molecule has 19 nitrogen and oxygen atoms in total. The maximum Gasteiger partial charge on any atom is 0.409 e. The number of aliphatic hydroxyl groups is 1. The first-order chi connectivity index (χ1) is 28.8. The van der Waals surface area contributed by atoms with E-state index in [0.29, 0.717) is 22.9 Å². The molecule has 7 atom stereocenters. The highest BCUT2D eigenvalue weighted by molar-refractivity contribution is 6.35. The van der Waals surface area contributed by atoms with Crippen LogP contribution in [-0.4, -0.2) is 142 Å². The molecule has 6 bridgehead atoms. The van der Waals surface area contributed by atoms with Gasteiger partial charge in [0.25, 0.3) is 11.8 Å². The molecule has 20 heteroatoms.